The average Bonchev–Trinajstić information content (AvgIpc) is 2.70. The summed E-state index contributed by atoms with van der Waals surface area (Å²) < 4.78 is 5.16. The molecule has 0 aliphatic rings. The van der Waals surface area contributed by atoms with E-state index in [4.69, 9.17) is 4.74 Å². The van der Waals surface area contributed by atoms with Crippen molar-refractivity contribution in [2.45, 2.75) is 11.6 Å². The topological polar surface area (TPSA) is 55.3 Å². The summed E-state index contributed by atoms with van der Waals surface area (Å²) in [5, 5.41) is 1.80. The molecule has 0 atom stereocenters. The number of carbonyl (C=O) groups is 1. The molecule has 0 bridgehead atoms. The zero-order valence-electron chi connectivity index (χ0n) is 14.7. The Bertz CT molecular complexity index is 853. The molecule has 1 heterocycles. The van der Waals surface area contributed by atoms with Gasteiger partial charge in [0.15, 0.2) is 0 Å². The molecule has 0 radical (unpaired) electrons. The Labute approximate surface area is 157 Å². The molecule has 0 spiro atoms. The number of methoxy groups -OCH3 is 1. The number of ether oxygens (including phenoxy) is 1. The third-order valence-corrected chi connectivity index (χ3v) is 4.96. The van der Waals surface area contributed by atoms with Crippen molar-refractivity contribution in [2.24, 2.45) is 0 Å². The number of nitrogens with zero attached hydrogens (tertiary/aromatic N) is 3. The Balaban J connectivity index is 1.68. The van der Waals surface area contributed by atoms with E-state index in [1.807, 2.05) is 59.5 Å². The number of thioether (sulfide) groups is 1. The van der Waals surface area contributed by atoms with Crippen LogP contribution in [0.3, 0.4) is 0 Å². The maximum Gasteiger partial charge on any atom is 0.233 e. The van der Waals surface area contributed by atoms with Crippen molar-refractivity contribution in [3.05, 3.63) is 66.5 Å². The van der Waals surface area contributed by atoms with Gasteiger partial charge in [0.25, 0.3) is 0 Å². The molecular weight excluding hydrogens is 346 g/mol. The first-order valence-electron chi connectivity index (χ1n) is 8.41. The first-order valence-corrected chi connectivity index (χ1v) is 9.39. The summed E-state index contributed by atoms with van der Waals surface area (Å²) in [4.78, 5) is 23.2. The second kappa shape index (κ2) is 9.31. The molecule has 0 fully saturated rings. The fourth-order valence-corrected chi connectivity index (χ4v) is 3.51. The maximum absolute atomic E-state index is 12.8. The van der Waals surface area contributed by atoms with Crippen molar-refractivity contribution in [1.82, 2.24) is 14.9 Å². The van der Waals surface area contributed by atoms with Gasteiger partial charge in [-0.3, -0.25) is 4.79 Å². The van der Waals surface area contributed by atoms with Gasteiger partial charge in [0.1, 0.15) is 11.4 Å². The van der Waals surface area contributed by atoms with Crippen LogP contribution in [0.15, 0.2) is 66.0 Å². The molecule has 3 rings (SSSR count). The number of amides is 1. The highest BCUT2D eigenvalue weighted by molar-refractivity contribution is 8.00. The standard InChI is InChI=1S/C20H21N3O2S/c1-25-12-11-23(13-16-7-3-2-4-8-16)19(24)14-26-20-17-9-5-6-10-18(17)21-15-22-20/h2-10,15H,11-14H2,1H3. The summed E-state index contributed by atoms with van der Waals surface area (Å²) in [5.74, 6) is 0.399. The zero-order chi connectivity index (χ0) is 18.2. The quantitative estimate of drug-likeness (QED) is 0.451. The molecule has 3 aromatic rings. The molecule has 0 unspecified atom stereocenters. The zero-order valence-corrected chi connectivity index (χ0v) is 15.5. The molecule has 0 saturated carbocycles. The van der Waals surface area contributed by atoms with Crippen LogP contribution < -0.4 is 0 Å². The summed E-state index contributed by atoms with van der Waals surface area (Å²) in [7, 11) is 1.65. The van der Waals surface area contributed by atoms with Crippen molar-refractivity contribution in [2.75, 3.05) is 26.0 Å². The van der Waals surface area contributed by atoms with Crippen LogP contribution in [0.2, 0.25) is 0 Å². The van der Waals surface area contributed by atoms with E-state index in [0.29, 0.717) is 25.4 Å². The largest absolute Gasteiger partial charge is 0.383 e. The van der Waals surface area contributed by atoms with Crippen LogP contribution in [0.4, 0.5) is 0 Å². The molecule has 26 heavy (non-hydrogen) atoms. The van der Waals surface area contributed by atoms with Crippen molar-refractivity contribution in [3.63, 3.8) is 0 Å². The van der Waals surface area contributed by atoms with Crippen molar-refractivity contribution in [1.29, 1.82) is 0 Å². The van der Waals surface area contributed by atoms with E-state index in [-0.39, 0.29) is 5.91 Å². The van der Waals surface area contributed by atoms with E-state index < -0.39 is 0 Å². The lowest BCUT2D eigenvalue weighted by Gasteiger charge is -2.22. The minimum Gasteiger partial charge on any atom is -0.383 e. The Morgan fingerprint density at radius 3 is 2.65 bits per heavy atom. The van der Waals surface area contributed by atoms with Crippen molar-refractivity contribution < 1.29 is 9.53 Å². The van der Waals surface area contributed by atoms with Crippen molar-refractivity contribution in [3.8, 4) is 0 Å². The number of carbonyl (C=O) groups excluding carboxylic acids is 1. The molecule has 5 nitrogen and oxygen atoms in total. The Morgan fingerprint density at radius 1 is 1.08 bits per heavy atom. The minimum atomic E-state index is 0.0681. The smallest absolute Gasteiger partial charge is 0.233 e. The molecular formula is C20H21N3O2S. The van der Waals surface area contributed by atoms with Crippen LogP contribution >= 0.6 is 11.8 Å². The van der Waals surface area contributed by atoms with Gasteiger partial charge in [0.2, 0.25) is 5.91 Å². The number of hydrogen-bond donors (Lipinski definition) is 0. The summed E-state index contributed by atoms with van der Waals surface area (Å²) in [6.45, 7) is 1.66. The maximum atomic E-state index is 12.8. The van der Waals surface area contributed by atoms with Gasteiger partial charge in [0, 0.05) is 25.6 Å². The number of fused-ring (bicyclic) bond motifs is 1. The fourth-order valence-electron chi connectivity index (χ4n) is 2.61. The normalized spacial score (nSPS) is 10.8. The molecule has 6 heteroatoms. The molecule has 0 N–H and O–H groups in total. The molecule has 134 valence electrons. The molecule has 2 aromatic carbocycles. The van der Waals surface area contributed by atoms with Crippen LogP contribution in [-0.4, -0.2) is 46.8 Å². The van der Waals surface area contributed by atoms with Gasteiger partial charge < -0.3 is 9.64 Å². The van der Waals surface area contributed by atoms with Crippen LogP contribution in [0, 0.1) is 0 Å². The Hall–Kier alpha value is -2.44. The number of hydrogen-bond acceptors (Lipinski definition) is 5. The van der Waals surface area contributed by atoms with Gasteiger partial charge in [-0.25, -0.2) is 9.97 Å². The van der Waals surface area contributed by atoms with Gasteiger partial charge in [-0.05, 0) is 11.6 Å². The number of aromatic nitrogens is 2. The predicted molar refractivity (Wildman–Crippen MR) is 104 cm³/mol. The van der Waals surface area contributed by atoms with E-state index >= 15 is 0 Å². The summed E-state index contributed by atoms with van der Waals surface area (Å²) in [6, 6.07) is 17.8. The summed E-state index contributed by atoms with van der Waals surface area (Å²) in [5.41, 5.74) is 1.99. The van der Waals surface area contributed by atoms with E-state index in [1.54, 1.807) is 13.4 Å². The molecule has 1 amide bonds. The average molecular weight is 367 g/mol. The first-order chi connectivity index (χ1) is 12.8. The number of rotatable bonds is 8. The van der Waals surface area contributed by atoms with Crippen molar-refractivity contribution >= 4 is 28.6 Å². The highest BCUT2D eigenvalue weighted by atomic mass is 32.2. The Kier molecular flexibility index (Phi) is 6.57. The lowest BCUT2D eigenvalue weighted by Crippen LogP contribution is -2.34. The predicted octanol–water partition coefficient (Wildman–Crippen LogP) is 3.40. The van der Waals surface area contributed by atoms with Crippen LogP contribution in [-0.2, 0) is 16.1 Å². The molecule has 0 saturated heterocycles. The molecule has 0 aliphatic heterocycles. The SMILES string of the molecule is COCCN(Cc1ccccc1)C(=O)CSc1ncnc2ccccc12. The number of benzene rings is 2. The van der Waals surface area contributed by atoms with Gasteiger partial charge >= 0.3 is 0 Å². The highest BCUT2D eigenvalue weighted by Crippen LogP contribution is 2.24. The lowest BCUT2D eigenvalue weighted by molar-refractivity contribution is -0.129. The van der Waals surface area contributed by atoms with Gasteiger partial charge in [-0.2, -0.15) is 0 Å². The Morgan fingerprint density at radius 2 is 1.85 bits per heavy atom. The highest BCUT2D eigenvalue weighted by Gasteiger charge is 2.15. The summed E-state index contributed by atoms with van der Waals surface area (Å²) in [6.07, 6.45) is 1.54. The van der Waals surface area contributed by atoms with Crippen LogP contribution in [0.5, 0.6) is 0 Å². The second-order valence-corrected chi connectivity index (χ2v) is 6.74. The van der Waals surface area contributed by atoms with Crippen LogP contribution in [0.1, 0.15) is 5.56 Å². The first kappa shape index (κ1) is 18.4. The molecule has 1 aromatic heterocycles. The monoisotopic (exact) mass is 367 g/mol. The fraction of sp³-hybridized carbons (Fsp3) is 0.250. The van der Waals surface area contributed by atoms with E-state index in [9.17, 15) is 4.79 Å². The van der Waals surface area contributed by atoms with Gasteiger partial charge in [-0.15, -0.1) is 0 Å². The second-order valence-electron chi connectivity index (χ2n) is 5.78. The summed E-state index contributed by atoms with van der Waals surface area (Å²) >= 11 is 1.45. The molecule has 0 aliphatic carbocycles. The van der Waals surface area contributed by atoms with E-state index in [2.05, 4.69) is 9.97 Å². The van der Waals surface area contributed by atoms with Gasteiger partial charge in [-0.1, -0.05) is 60.3 Å². The number of para-hydroxylation sites is 1. The third-order valence-electron chi connectivity index (χ3n) is 3.97. The lowest BCUT2D eigenvalue weighted by atomic mass is 10.2. The minimum absolute atomic E-state index is 0.0681. The van der Waals surface area contributed by atoms with E-state index in [0.717, 1.165) is 21.5 Å². The van der Waals surface area contributed by atoms with E-state index in [1.165, 1.54) is 11.8 Å². The van der Waals surface area contributed by atoms with Crippen LogP contribution in [0.25, 0.3) is 10.9 Å². The van der Waals surface area contributed by atoms with Gasteiger partial charge in [0.05, 0.1) is 17.9 Å². The third kappa shape index (κ3) is 4.80.